The predicted molar refractivity (Wildman–Crippen MR) is 67.3 cm³/mol. The number of fused-ring (bicyclic) bond motifs is 1. The van der Waals surface area contributed by atoms with Crippen molar-refractivity contribution in [3.05, 3.63) is 30.4 Å². The maximum absolute atomic E-state index is 11.0. The lowest BCUT2D eigenvalue weighted by Crippen LogP contribution is -2.29. The van der Waals surface area contributed by atoms with Crippen molar-refractivity contribution in [1.82, 2.24) is 9.97 Å². The van der Waals surface area contributed by atoms with Crippen molar-refractivity contribution in [2.24, 2.45) is 0 Å². The smallest absolute Gasteiger partial charge is 0.326 e. The second-order valence-corrected chi connectivity index (χ2v) is 4.32. The number of aliphatic carboxylic acids is 1. The largest absolute Gasteiger partial charge is 0.480 e. The highest BCUT2D eigenvalue weighted by molar-refractivity contribution is 7.16. The summed E-state index contributed by atoms with van der Waals surface area (Å²) < 4.78 is 0. The number of hydrogen-bond donors (Lipinski definition) is 2. The van der Waals surface area contributed by atoms with E-state index in [0.29, 0.717) is 12.2 Å². The number of rotatable bonds is 5. The van der Waals surface area contributed by atoms with E-state index >= 15 is 0 Å². The third-order valence-electron chi connectivity index (χ3n) is 2.27. The van der Waals surface area contributed by atoms with Gasteiger partial charge in [-0.25, -0.2) is 14.8 Å². The van der Waals surface area contributed by atoms with Crippen LogP contribution in [0.3, 0.4) is 0 Å². The van der Waals surface area contributed by atoms with Crippen LogP contribution >= 0.6 is 11.3 Å². The molecule has 2 rings (SSSR count). The molecule has 0 saturated heterocycles. The van der Waals surface area contributed by atoms with Gasteiger partial charge in [0.25, 0.3) is 0 Å². The Kier molecular flexibility index (Phi) is 3.34. The lowest BCUT2D eigenvalue weighted by atomic mass is 10.2. The first-order valence-corrected chi connectivity index (χ1v) is 5.88. The van der Waals surface area contributed by atoms with Crippen LogP contribution in [-0.4, -0.2) is 27.1 Å². The Morgan fingerprint density at radius 1 is 1.65 bits per heavy atom. The Morgan fingerprint density at radius 2 is 2.47 bits per heavy atom. The van der Waals surface area contributed by atoms with Gasteiger partial charge in [0.15, 0.2) is 0 Å². The van der Waals surface area contributed by atoms with Gasteiger partial charge >= 0.3 is 5.97 Å². The molecule has 1 unspecified atom stereocenters. The van der Waals surface area contributed by atoms with Crippen LogP contribution in [0, 0.1) is 0 Å². The number of nitrogens with zero attached hydrogens (tertiary/aromatic N) is 2. The predicted octanol–water partition coefficient (Wildman–Crippen LogP) is 2.13. The molecule has 0 aromatic carbocycles. The minimum absolute atomic E-state index is 0.338. The summed E-state index contributed by atoms with van der Waals surface area (Å²) in [5, 5.41) is 14.7. The zero-order valence-corrected chi connectivity index (χ0v) is 9.78. The number of carbonyl (C=O) groups is 1. The van der Waals surface area contributed by atoms with Gasteiger partial charge in [0.1, 0.15) is 23.0 Å². The highest BCUT2D eigenvalue weighted by atomic mass is 32.1. The molecule has 6 heteroatoms. The molecule has 0 saturated carbocycles. The average Bonchev–Trinajstić information content (AvgIpc) is 2.77. The molecule has 0 radical (unpaired) electrons. The Balaban J connectivity index is 2.30. The van der Waals surface area contributed by atoms with Crippen molar-refractivity contribution < 1.29 is 9.90 Å². The van der Waals surface area contributed by atoms with Crippen molar-refractivity contribution in [2.75, 3.05) is 5.32 Å². The zero-order valence-electron chi connectivity index (χ0n) is 8.96. The van der Waals surface area contributed by atoms with Crippen LogP contribution < -0.4 is 5.32 Å². The first-order chi connectivity index (χ1) is 8.22. The number of aromatic nitrogens is 2. The van der Waals surface area contributed by atoms with E-state index in [4.69, 9.17) is 5.11 Å². The molecule has 1 atom stereocenters. The van der Waals surface area contributed by atoms with Crippen LogP contribution in [-0.2, 0) is 4.79 Å². The van der Waals surface area contributed by atoms with Gasteiger partial charge in [-0.3, -0.25) is 0 Å². The first kappa shape index (κ1) is 11.5. The molecule has 2 N–H and O–H groups in total. The van der Waals surface area contributed by atoms with Crippen molar-refractivity contribution in [1.29, 1.82) is 0 Å². The van der Waals surface area contributed by atoms with E-state index in [1.54, 1.807) is 6.08 Å². The Bertz CT molecular complexity index is 552. The van der Waals surface area contributed by atoms with E-state index in [-0.39, 0.29) is 0 Å². The lowest BCUT2D eigenvalue weighted by molar-refractivity contribution is -0.137. The van der Waals surface area contributed by atoms with Gasteiger partial charge < -0.3 is 10.4 Å². The quantitative estimate of drug-likeness (QED) is 0.794. The van der Waals surface area contributed by atoms with Crippen molar-refractivity contribution in [2.45, 2.75) is 12.5 Å². The fraction of sp³-hybridized carbons (Fsp3) is 0.182. The summed E-state index contributed by atoms with van der Waals surface area (Å²) in [5.41, 5.74) is 0. The van der Waals surface area contributed by atoms with Crippen LogP contribution in [0.25, 0.3) is 10.2 Å². The SMILES string of the molecule is C=CCC(Nc1ncnc2sccc12)C(=O)O. The molecule has 2 heterocycles. The number of nitrogens with one attached hydrogen (secondary N) is 1. The van der Waals surface area contributed by atoms with Gasteiger partial charge in [0.2, 0.25) is 0 Å². The molecule has 2 aromatic rings. The van der Waals surface area contributed by atoms with Crippen LogP contribution in [0.2, 0.25) is 0 Å². The summed E-state index contributed by atoms with van der Waals surface area (Å²) >= 11 is 1.49. The van der Waals surface area contributed by atoms with E-state index in [2.05, 4.69) is 21.9 Å². The molecule has 0 fully saturated rings. The van der Waals surface area contributed by atoms with Gasteiger partial charge in [-0.2, -0.15) is 0 Å². The van der Waals surface area contributed by atoms with E-state index in [0.717, 1.165) is 10.2 Å². The third-order valence-corrected chi connectivity index (χ3v) is 3.09. The van der Waals surface area contributed by atoms with Gasteiger partial charge in [-0.1, -0.05) is 6.08 Å². The Morgan fingerprint density at radius 3 is 3.18 bits per heavy atom. The van der Waals surface area contributed by atoms with Crippen molar-refractivity contribution in [3.63, 3.8) is 0 Å². The molecule has 0 aliphatic rings. The van der Waals surface area contributed by atoms with Crippen LogP contribution in [0.5, 0.6) is 0 Å². The molecule has 88 valence electrons. The van der Waals surface area contributed by atoms with E-state index in [1.807, 2.05) is 11.4 Å². The molecule has 0 bridgehead atoms. The molecule has 0 aliphatic heterocycles. The lowest BCUT2D eigenvalue weighted by Gasteiger charge is -2.13. The Labute approximate surface area is 102 Å². The summed E-state index contributed by atoms with van der Waals surface area (Å²) in [6.45, 7) is 3.54. The molecular weight excluding hydrogens is 238 g/mol. The minimum atomic E-state index is -0.924. The summed E-state index contributed by atoms with van der Waals surface area (Å²) in [6.07, 6.45) is 3.33. The van der Waals surface area contributed by atoms with E-state index in [1.165, 1.54) is 17.7 Å². The van der Waals surface area contributed by atoms with Crippen molar-refractivity contribution >= 4 is 33.3 Å². The van der Waals surface area contributed by atoms with E-state index < -0.39 is 12.0 Å². The molecule has 0 aliphatic carbocycles. The minimum Gasteiger partial charge on any atom is -0.480 e. The number of hydrogen-bond acceptors (Lipinski definition) is 5. The van der Waals surface area contributed by atoms with Crippen LogP contribution in [0.15, 0.2) is 30.4 Å². The number of carboxylic acid groups (broad SMARTS) is 1. The number of anilines is 1. The Hall–Kier alpha value is -1.95. The standard InChI is InChI=1S/C11H11N3O2S/c1-2-3-8(11(15)16)14-9-7-4-5-17-10(7)13-6-12-9/h2,4-6,8H,1,3H2,(H,15,16)(H,12,13,14). The molecule has 0 spiro atoms. The fourth-order valence-corrected chi connectivity index (χ4v) is 2.19. The second kappa shape index (κ2) is 4.92. The molecule has 5 nitrogen and oxygen atoms in total. The zero-order chi connectivity index (χ0) is 12.3. The van der Waals surface area contributed by atoms with E-state index in [9.17, 15) is 4.79 Å². The topological polar surface area (TPSA) is 75.1 Å². The average molecular weight is 249 g/mol. The number of thiophene rings is 1. The monoisotopic (exact) mass is 249 g/mol. The van der Waals surface area contributed by atoms with Gasteiger partial charge in [-0.05, 0) is 17.9 Å². The summed E-state index contributed by atoms with van der Waals surface area (Å²) in [7, 11) is 0. The maximum Gasteiger partial charge on any atom is 0.326 e. The van der Waals surface area contributed by atoms with Gasteiger partial charge in [-0.15, -0.1) is 17.9 Å². The maximum atomic E-state index is 11.0. The summed E-state index contributed by atoms with van der Waals surface area (Å²) in [4.78, 5) is 20.0. The summed E-state index contributed by atoms with van der Waals surface area (Å²) in [5.74, 6) is -0.377. The highest BCUT2D eigenvalue weighted by Gasteiger charge is 2.17. The summed E-state index contributed by atoms with van der Waals surface area (Å²) in [6, 6.07) is 1.15. The second-order valence-electron chi connectivity index (χ2n) is 3.42. The first-order valence-electron chi connectivity index (χ1n) is 5.01. The molecule has 0 amide bonds. The number of carboxylic acids is 1. The van der Waals surface area contributed by atoms with Gasteiger partial charge in [0, 0.05) is 0 Å². The van der Waals surface area contributed by atoms with Crippen molar-refractivity contribution in [3.8, 4) is 0 Å². The van der Waals surface area contributed by atoms with Crippen LogP contribution in [0.1, 0.15) is 6.42 Å². The fourth-order valence-electron chi connectivity index (χ4n) is 1.46. The molecule has 2 aromatic heterocycles. The molecule has 17 heavy (non-hydrogen) atoms. The van der Waals surface area contributed by atoms with Gasteiger partial charge in [0.05, 0.1) is 5.39 Å². The molecular formula is C11H11N3O2S. The third kappa shape index (κ3) is 2.42. The van der Waals surface area contributed by atoms with Crippen LogP contribution in [0.4, 0.5) is 5.82 Å². The normalized spacial score (nSPS) is 12.2. The highest BCUT2D eigenvalue weighted by Crippen LogP contribution is 2.24.